The monoisotopic (exact) mass is 284 g/mol. The number of anilines is 1. The molecule has 1 aromatic heterocycles. The van der Waals surface area contributed by atoms with Gasteiger partial charge in [0.05, 0.1) is 4.90 Å². The molecule has 8 heteroatoms. The van der Waals surface area contributed by atoms with Crippen LogP contribution in [-0.2, 0) is 17.1 Å². The molecule has 0 radical (unpaired) electrons. The largest absolute Gasteiger partial charge is 0.399 e. The highest BCUT2D eigenvalue weighted by Crippen LogP contribution is 2.32. The van der Waals surface area contributed by atoms with Crippen molar-refractivity contribution in [2.24, 2.45) is 12.2 Å². The number of nitrogen functional groups attached to an aromatic ring is 1. The Bertz CT molecular complexity index is 679. The van der Waals surface area contributed by atoms with Gasteiger partial charge in [0, 0.05) is 30.0 Å². The van der Waals surface area contributed by atoms with Gasteiger partial charge in [-0.2, -0.15) is 0 Å². The number of nitrogens with zero attached hydrogens (tertiary/aromatic N) is 2. The maximum Gasteiger partial charge on any atom is 0.239 e. The van der Waals surface area contributed by atoms with Gasteiger partial charge < -0.3 is 10.3 Å². The van der Waals surface area contributed by atoms with Crippen LogP contribution < -0.4 is 10.9 Å². The van der Waals surface area contributed by atoms with Gasteiger partial charge in [0.1, 0.15) is 0 Å². The summed E-state index contributed by atoms with van der Waals surface area (Å²) in [5.41, 5.74) is 5.93. The van der Waals surface area contributed by atoms with Gasteiger partial charge in [-0.3, -0.25) is 0 Å². The van der Waals surface area contributed by atoms with Crippen LogP contribution >= 0.6 is 11.8 Å². The summed E-state index contributed by atoms with van der Waals surface area (Å²) in [6.45, 7) is 0. The molecule has 4 N–H and O–H groups in total. The van der Waals surface area contributed by atoms with Crippen molar-refractivity contribution in [3.05, 3.63) is 30.6 Å². The van der Waals surface area contributed by atoms with Crippen LogP contribution in [0.2, 0.25) is 0 Å². The number of nitrogens with two attached hydrogens (primary N) is 2. The molecular weight excluding hydrogens is 272 g/mol. The molecule has 0 unspecified atom stereocenters. The number of sulfonamides is 1. The van der Waals surface area contributed by atoms with E-state index in [0.29, 0.717) is 15.7 Å². The molecule has 0 saturated heterocycles. The van der Waals surface area contributed by atoms with Crippen molar-refractivity contribution in [2.45, 2.75) is 14.9 Å². The summed E-state index contributed by atoms with van der Waals surface area (Å²) in [6, 6.07) is 4.59. The Kier molecular flexibility index (Phi) is 3.33. The quantitative estimate of drug-likeness (QED) is 0.811. The fraction of sp³-hybridized carbons (Fsp3) is 0.100. The van der Waals surface area contributed by atoms with Crippen LogP contribution in [0.5, 0.6) is 0 Å². The Balaban J connectivity index is 2.49. The van der Waals surface area contributed by atoms with Crippen LogP contribution in [0.3, 0.4) is 0 Å². The van der Waals surface area contributed by atoms with Crippen LogP contribution in [-0.4, -0.2) is 18.0 Å². The van der Waals surface area contributed by atoms with Crippen molar-refractivity contribution in [3.8, 4) is 0 Å². The molecule has 1 heterocycles. The zero-order valence-electron chi connectivity index (χ0n) is 9.57. The minimum absolute atomic E-state index is 0.00972. The lowest BCUT2D eigenvalue weighted by Gasteiger charge is -2.08. The molecule has 0 aliphatic heterocycles. The third kappa shape index (κ3) is 2.66. The second-order valence-electron chi connectivity index (χ2n) is 3.67. The van der Waals surface area contributed by atoms with Gasteiger partial charge in [0.15, 0.2) is 5.16 Å². The highest BCUT2D eigenvalue weighted by Gasteiger charge is 2.16. The third-order valence-corrected chi connectivity index (χ3v) is 4.48. The number of imidazole rings is 1. The van der Waals surface area contributed by atoms with Crippen molar-refractivity contribution >= 4 is 27.5 Å². The minimum Gasteiger partial charge on any atom is -0.399 e. The number of hydrogen-bond acceptors (Lipinski definition) is 5. The summed E-state index contributed by atoms with van der Waals surface area (Å²) < 4.78 is 24.8. The number of benzene rings is 1. The van der Waals surface area contributed by atoms with Crippen LogP contribution in [0.25, 0.3) is 0 Å². The van der Waals surface area contributed by atoms with Gasteiger partial charge in [-0.25, -0.2) is 18.5 Å². The van der Waals surface area contributed by atoms with Crippen molar-refractivity contribution in [2.75, 3.05) is 5.73 Å². The molecule has 1 aromatic carbocycles. The van der Waals surface area contributed by atoms with Gasteiger partial charge in [-0.1, -0.05) is 11.8 Å². The molecule has 0 aliphatic rings. The van der Waals surface area contributed by atoms with Crippen LogP contribution in [0.1, 0.15) is 0 Å². The molecule has 2 rings (SSSR count). The first-order valence-corrected chi connectivity index (χ1v) is 7.32. The predicted molar refractivity (Wildman–Crippen MR) is 69.6 cm³/mol. The molecule has 0 bridgehead atoms. The number of hydrogen-bond donors (Lipinski definition) is 2. The van der Waals surface area contributed by atoms with E-state index in [0.717, 1.165) is 0 Å². The standard InChI is InChI=1S/C10H12N4O2S2/c1-14-5-4-13-10(14)17-8-3-2-7(11)6-9(8)18(12,15)16/h2-6H,11H2,1H3,(H2,12,15,16). The molecule has 0 spiro atoms. The van der Waals surface area contributed by atoms with E-state index < -0.39 is 10.0 Å². The Hall–Kier alpha value is -1.51. The SMILES string of the molecule is Cn1ccnc1Sc1ccc(N)cc1S(N)(=O)=O. The zero-order chi connectivity index (χ0) is 13.3. The molecule has 18 heavy (non-hydrogen) atoms. The van der Waals surface area contributed by atoms with Crippen LogP contribution in [0.15, 0.2) is 45.5 Å². The second kappa shape index (κ2) is 4.63. The van der Waals surface area contributed by atoms with E-state index in [9.17, 15) is 8.42 Å². The molecule has 6 nitrogen and oxygen atoms in total. The van der Waals surface area contributed by atoms with Crippen molar-refractivity contribution in [1.82, 2.24) is 9.55 Å². The van der Waals surface area contributed by atoms with Gasteiger partial charge >= 0.3 is 0 Å². The minimum atomic E-state index is -3.81. The number of aromatic nitrogens is 2. The van der Waals surface area contributed by atoms with E-state index in [1.54, 1.807) is 29.1 Å². The van der Waals surface area contributed by atoms with E-state index in [2.05, 4.69) is 4.98 Å². The molecule has 0 saturated carbocycles. The van der Waals surface area contributed by atoms with Gasteiger partial charge in [-0.15, -0.1) is 0 Å². The van der Waals surface area contributed by atoms with Gasteiger partial charge in [0.2, 0.25) is 10.0 Å². The van der Waals surface area contributed by atoms with E-state index in [1.165, 1.54) is 17.8 Å². The maximum absolute atomic E-state index is 11.5. The highest BCUT2D eigenvalue weighted by atomic mass is 32.2. The summed E-state index contributed by atoms with van der Waals surface area (Å²) >= 11 is 1.22. The molecule has 2 aromatic rings. The van der Waals surface area contributed by atoms with E-state index in [-0.39, 0.29) is 4.90 Å². The van der Waals surface area contributed by atoms with E-state index >= 15 is 0 Å². The average molecular weight is 284 g/mol. The summed E-state index contributed by atoms with van der Waals surface area (Å²) in [7, 11) is -1.99. The van der Waals surface area contributed by atoms with Crippen molar-refractivity contribution < 1.29 is 8.42 Å². The fourth-order valence-corrected chi connectivity index (χ4v) is 3.31. The molecule has 0 amide bonds. The summed E-state index contributed by atoms with van der Waals surface area (Å²) in [6.07, 6.45) is 3.41. The van der Waals surface area contributed by atoms with Crippen molar-refractivity contribution in [3.63, 3.8) is 0 Å². The Morgan fingerprint density at radius 1 is 1.39 bits per heavy atom. The number of aryl methyl sites for hydroxylation is 1. The molecule has 0 fully saturated rings. The van der Waals surface area contributed by atoms with Gasteiger partial charge in [-0.05, 0) is 18.2 Å². The first kappa shape index (κ1) is 12.9. The third-order valence-electron chi connectivity index (χ3n) is 2.25. The van der Waals surface area contributed by atoms with E-state index in [1.807, 2.05) is 7.05 Å². The highest BCUT2D eigenvalue weighted by molar-refractivity contribution is 8.00. The molecule has 0 aliphatic carbocycles. The lowest BCUT2D eigenvalue weighted by molar-refractivity contribution is 0.596. The average Bonchev–Trinajstić information content (AvgIpc) is 2.66. The Labute approximate surface area is 109 Å². The summed E-state index contributed by atoms with van der Waals surface area (Å²) in [5, 5.41) is 5.84. The zero-order valence-corrected chi connectivity index (χ0v) is 11.2. The Morgan fingerprint density at radius 2 is 2.11 bits per heavy atom. The molecule has 0 atom stereocenters. The maximum atomic E-state index is 11.5. The lowest BCUT2D eigenvalue weighted by atomic mass is 10.3. The summed E-state index contributed by atoms with van der Waals surface area (Å²) in [4.78, 5) is 4.63. The first-order valence-electron chi connectivity index (χ1n) is 4.95. The summed E-state index contributed by atoms with van der Waals surface area (Å²) in [5.74, 6) is 0. The fourth-order valence-electron chi connectivity index (χ4n) is 1.38. The first-order chi connectivity index (χ1) is 8.38. The molecule has 96 valence electrons. The predicted octanol–water partition coefficient (Wildman–Crippen LogP) is 0.801. The topological polar surface area (TPSA) is 104 Å². The number of primary sulfonamides is 1. The molecular formula is C10H12N4O2S2. The van der Waals surface area contributed by atoms with Gasteiger partial charge in [0.25, 0.3) is 0 Å². The lowest BCUT2D eigenvalue weighted by Crippen LogP contribution is -2.13. The smallest absolute Gasteiger partial charge is 0.239 e. The normalized spacial score (nSPS) is 11.7. The Morgan fingerprint density at radius 3 is 2.67 bits per heavy atom. The van der Waals surface area contributed by atoms with Crippen LogP contribution in [0.4, 0.5) is 5.69 Å². The number of rotatable bonds is 3. The second-order valence-corrected chi connectivity index (χ2v) is 6.21. The van der Waals surface area contributed by atoms with Crippen LogP contribution in [0, 0.1) is 0 Å². The van der Waals surface area contributed by atoms with Crippen molar-refractivity contribution in [1.29, 1.82) is 0 Å². The van der Waals surface area contributed by atoms with E-state index in [4.69, 9.17) is 10.9 Å².